The van der Waals surface area contributed by atoms with E-state index in [1.54, 1.807) is 22.4 Å². The maximum absolute atomic E-state index is 12.6. The van der Waals surface area contributed by atoms with Crippen LogP contribution >= 0.6 is 35.1 Å². The number of carbonyl (C=O) groups excluding carboxylic acids is 1. The number of nitrogens with zero attached hydrogens (tertiary/aromatic N) is 2. The predicted molar refractivity (Wildman–Crippen MR) is 109 cm³/mol. The molecule has 1 amide bonds. The average molecular weight is 410 g/mol. The number of hydrogen-bond donors (Lipinski definition) is 1. The third kappa shape index (κ3) is 4.10. The van der Waals surface area contributed by atoms with Gasteiger partial charge in [-0.15, -0.1) is 11.8 Å². The van der Waals surface area contributed by atoms with Crippen molar-refractivity contribution < 1.29 is 4.79 Å². The summed E-state index contributed by atoms with van der Waals surface area (Å²) in [7, 11) is 0. The maximum Gasteiger partial charge on any atom is 0.268 e. The van der Waals surface area contributed by atoms with Crippen molar-refractivity contribution >= 4 is 46.7 Å². The van der Waals surface area contributed by atoms with Crippen molar-refractivity contribution in [1.82, 2.24) is 9.55 Å². The fourth-order valence-corrected chi connectivity index (χ4v) is 4.89. The van der Waals surface area contributed by atoms with Crippen molar-refractivity contribution in [2.75, 3.05) is 11.1 Å². The first-order valence-electron chi connectivity index (χ1n) is 8.38. The smallest absolute Gasteiger partial charge is 0.268 e. The van der Waals surface area contributed by atoms with E-state index in [4.69, 9.17) is 11.6 Å². The van der Waals surface area contributed by atoms with Gasteiger partial charge in [0.05, 0.1) is 16.3 Å². The zero-order valence-corrected chi connectivity index (χ0v) is 17.2. The molecule has 0 saturated heterocycles. The zero-order chi connectivity index (χ0) is 18.8. The second-order valence-corrected chi connectivity index (χ2v) is 8.95. The van der Waals surface area contributed by atoms with Gasteiger partial charge in [0.1, 0.15) is 0 Å². The van der Waals surface area contributed by atoms with Crippen molar-refractivity contribution in [3.05, 3.63) is 44.8 Å². The second-order valence-electron chi connectivity index (χ2n) is 6.15. The number of anilines is 1. The molecule has 1 atom stereocenters. The molecule has 0 aliphatic carbocycles. The lowest BCUT2D eigenvalue weighted by Crippen LogP contribution is -2.25. The van der Waals surface area contributed by atoms with E-state index in [9.17, 15) is 9.59 Å². The molecule has 1 aromatic heterocycles. The molecule has 0 radical (unpaired) electrons. The zero-order valence-electron chi connectivity index (χ0n) is 14.8. The molecule has 1 aromatic carbocycles. The summed E-state index contributed by atoms with van der Waals surface area (Å²) in [6.07, 6.45) is 0.793. The van der Waals surface area contributed by atoms with E-state index >= 15 is 0 Å². The molecule has 2 heterocycles. The first-order valence-corrected chi connectivity index (χ1v) is 10.6. The van der Waals surface area contributed by atoms with Gasteiger partial charge in [-0.1, -0.05) is 36.4 Å². The summed E-state index contributed by atoms with van der Waals surface area (Å²) in [5.74, 6) is 0.0226. The largest absolute Gasteiger partial charge is 0.325 e. The van der Waals surface area contributed by atoms with Crippen molar-refractivity contribution in [3.63, 3.8) is 0 Å². The summed E-state index contributed by atoms with van der Waals surface area (Å²) in [6.45, 7) is 6.45. The van der Waals surface area contributed by atoms with Crippen LogP contribution in [0.5, 0.6) is 0 Å². The molecule has 0 bridgehead atoms. The summed E-state index contributed by atoms with van der Waals surface area (Å²) >= 11 is 8.96. The Morgan fingerprint density at radius 1 is 1.50 bits per heavy atom. The highest BCUT2D eigenvalue weighted by Crippen LogP contribution is 2.34. The summed E-state index contributed by atoms with van der Waals surface area (Å²) in [6, 6.07) is 5.41. The molecule has 0 fully saturated rings. The van der Waals surface area contributed by atoms with Crippen LogP contribution in [-0.4, -0.2) is 26.5 Å². The lowest BCUT2D eigenvalue weighted by Gasteiger charge is -2.12. The molecule has 8 heteroatoms. The number of carbonyl (C=O) groups is 1. The number of aromatic nitrogens is 2. The minimum Gasteiger partial charge on any atom is -0.325 e. The molecule has 5 nitrogen and oxygen atoms in total. The fourth-order valence-electron chi connectivity index (χ4n) is 2.72. The molecule has 0 saturated carbocycles. The number of fused-ring (bicyclic) bond motifs is 1. The Hall–Kier alpha value is -1.44. The van der Waals surface area contributed by atoms with Gasteiger partial charge < -0.3 is 5.32 Å². The van der Waals surface area contributed by atoms with Gasteiger partial charge in [-0.2, -0.15) is 0 Å². The van der Waals surface area contributed by atoms with E-state index in [1.807, 2.05) is 26.0 Å². The van der Waals surface area contributed by atoms with Gasteiger partial charge >= 0.3 is 0 Å². The number of thioether (sulfide) groups is 2. The van der Waals surface area contributed by atoms with E-state index in [-0.39, 0.29) is 17.2 Å². The molecule has 0 spiro atoms. The number of amides is 1. The first kappa shape index (κ1) is 19.3. The lowest BCUT2D eigenvalue weighted by atomic mass is 10.2. The standard InChI is InChI=1S/C18H20ClN3O2S2/c1-4-22-17(24)16-14(7-11(3)26-16)21-18(22)25-9-15(23)20-12-6-5-10(2)13(19)8-12/h5-6,8,11H,4,7,9H2,1-3H3,(H,20,23). The van der Waals surface area contributed by atoms with Crippen molar-refractivity contribution in [2.45, 2.75) is 49.0 Å². The number of nitrogens with one attached hydrogen (secondary N) is 1. The molecule has 1 aliphatic rings. The molecule has 3 rings (SSSR count). The monoisotopic (exact) mass is 409 g/mol. The molecule has 1 aliphatic heterocycles. The minimum atomic E-state index is -0.157. The number of halogens is 1. The molecule has 138 valence electrons. The normalized spacial score (nSPS) is 15.8. The summed E-state index contributed by atoms with van der Waals surface area (Å²) in [5, 5.41) is 4.41. The van der Waals surface area contributed by atoms with Gasteiger partial charge in [0.15, 0.2) is 5.16 Å². The highest BCUT2D eigenvalue weighted by molar-refractivity contribution is 8.00. The molecular formula is C18H20ClN3O2S2. The third-order valence-electron chi connectivity index (χ3n) is 4.07. The van der Waals surface area contributed by atoms with Gasteiger partial charge in [0.25, 0.3) is 5.56 Å². The Morgan fingerprint density at radius 2 is 2.27 bits per heavy atom. The third-order valence-corrected chi connectivity index (χ3v) is 6.67. The molecule has 2 aromatic rings. The first-order chi connectivity index (χ1) is 12.4. The minimum absolute atomic E-state index is 0.0000690. The molecular weight excluding hydrogens is 390 g/mol. The highest BCUT2D eigenvalue weighted by atomic mass is 35.5. The van der Waals surface area contributed by atoms with Crippen molar-refractivity contribution in [2.24, 2.45) is 0 Å². The topological polar surface area (TPSA) is 64.0 Å². The van der Waals surface area contributed by atoms with E-state index in [2.05, 4.69) is 17.2 Å². The maximum atomic E-state index is 12.6. The van der Waals surface area contributed by atoms with Crippen molar-refractivity contribution in [3.8, 4) is 0 Å². The predicted octanol–water partition coefficient (Wildman–Crippen LogP) is 3.99. The summed E-state index contributed by atoms with van der Waals surface area (Å²) in [4.78, 5) is 30.3. The van der Waals surface area contributed by atoms with Crippen LogP contribution in [0.25, 0.3) is 0 Å². The van der Waals surface area contributed by atoms with Crippen LogP contribution in [0.3, 0.4) is 0 Å². The van der Waals surface area contributed by atoms with Crippen LogP contribution in [0.4, 0.5) is 5.69 Å². The van der Waals surface area contributed by atoms with E-state index in [0.717, 1.165) is 22.6 Å². The number of aryl methyl sites for hydroxylation is 1. The molecule has 1 N–H and O–H groups in total. The van der Waals surface area contributed by atoms with Gasteiger partial charge in [0, 0.05) is 28.9 Å². The number of hydrogen-bond acceptors (Lipinski definition) is 5. The van der Waals surface area contributed by atoms with Crippen LogP contribution in [0.15, 0.2) is 33.0 Å². The van der Waals surface area contributed by atoms with Crippen LogP contribution in [-0.2, 0) is 17.8 Å². The lowest BCUT2D eigenvalue weighted by molar-refractivity contribution is -0.113. The average Bonchev–Trinajstić information content (AvgIpc) is 2.97. The van der Waals surface area contributed by atoms with E-state index in [0.29, 0.717) is 27.7 Å². The van der Waals surface area contributed by atoms with Crippen molar-refractivity contribution in [1.29, 1.82) is 0 Å². The summed E-state index contributed by atoms with van der Waals surface area (Å²) in [5.41, 5.74) is 2.47. The molecule has 26 heavy (non-hydrogen) atoms. The summed E-state index contributed by atoms with van der Waals surface area (Å²) < 4.78 is 1.64. The van der Waals surface area contributed by atoms with Crippen LogP contribution < -0.4 is 10.9 Å². The Kier molecular flexibility index (Phi) is 5.99. The van der Waals surface area contributed by atoms with E-state index < -0.39 is 0 Å². The highest BCUT2D eigenvalue weighted by Gasteiger charge is 2.26. The van der Waals surface area contributed by atoms with Gasteiger partial charge in [-0.3, -0.25) is 14.2 Å². The Morgan fingerprint density at radius 3 is 2.96 bits per heavy atom. The van der Waals surface area contributed by atoms with Gasteiger partial charge in [0.2, 0.25) is 5.91 Å². The quantitative estimate of drug-likeness (QED) is 0.597. The Bertz CT molecular complexity index is 914. The second kappa shape index (κ2) is 8.06. The van der Waals surface area contributed by atoms with Crippen LogP contribution in [0.2, 0.25) is 5.02 Å². The number of benzene rings is 1. The van der Waals surface area contributed by atoms with Gasteiger partial charge in [-0.05, 0) is 31.5 Å². The van der Waals surface area contributed by atoms with Crippen LogP contribution in [0.1, 0.15) is 25.1 Å². The van der Waals surface area contributed by atoms with Crippen LogP contribution in [0, 0.1) is 6.92 Å². The Balaban J connectivity index is 1.72. The Labute approximate surface area is 165 Å². The fraction of sp³-hybridized carbons (Fsp3) is 0.389. The SMILES string of the molecule is CCn1c(SCC(=O)Nc2ccc(C)c(Cl)c2)nc2c(c1=O)SC(C)C2. The molecule has 1 unspecified atom stereocenters. The van der Waals surface area contributed by atoms with E-state index in [1.165, 1.54) is 11.8 Å². The number of rotatable bonds is 5. The van der Waals surface area contributed by atoms with Gasteiger partial charge in [-0.25, -0.2) is 4.98 Å².